The van der Waals surface area contributed by atoms with E-state index in [2.05, 4.69) is 26.5 Å². The lowest BCUT2D eigenvalue weighted by Crippen LogP contribution is -2.06. The first-order valence-corrected chi connectivity index (χ1v) is 7.69. The minimum Gasteiger partial charge on any atom is -0.496 e. The summed E-state index contributed by atoms with van der Waals surface area (Å²) in [6.45, 7) is 0.465. The van der Waals surface area contributed by atoms with E-state index in [0.29, 0.717) is 16.6 Å². The van der Waals surface area contributed by atoms with Crippen molar-refractivity contribution in [2.45, 2.75) is 6.54 Å². The van der Waals surface area contributed by atoms with Crippen LogP contribution in [-0.4, -0.2) is 13.3 Å². The molecule has 21 heavy (non-hydrogen) atoms. The number of hydrogen-bond acceptors (Lipinski definition) is 3. The average Bonchev–Trinajstić information content (AvgIpc) is 2.46. The molecule has 0 unspecified atom stereocenters. The summed E-state index contributed by atoms with van der Waals surface area (Å²) in [7, 11) is 1.63. The number of nitrogens with one attached hydrogen (secondary N) is 1. The van der Waals surface area contributed by atoms with Gasteiger partial charge in [-0.3, -0.25) is 0 Å². The van der Waals surface area contributed by atoms with E-state index in [1.54, 1.807) is 25.5 Å². The van der Waals surface area contributed by atoms with Gasteiger partial charge in [-0.1, -0.05) is 29.3 Å². The van der Waals surface area contributed by atoms with Crippen LogP contribution in [0.5, 0.6) is 5.75 Å². The fourth-order valence-electron chi connectivity index (χ4n) is 1.71. The van der Waals surface area contributed by atoms with Crippen LogP contribution in [0.4, 0.5) is 0 Å². The molecule has 0 heterocycles. The van der Waals surface area contributed by atoms with E-state index in [9.17, 15) is 0 Å². The highest BCUT2D eigenvalue weighted by atomic mass is 79.9. The Morgan fingerprint density at radius 2 is 1.95 bits per heavy atom. The van der Waals surface area contributed by atoms with Gasteiger partial charge in [-0.2, -0.15) is 5.10 Å². The quantitative estimate of drug-likeness (QED) is 0.585. The third-order valence-electron chi connectivity index (χ3n) is 2.80. The van der Waals surface area contributed by atoms with Crippen LogP contribution < -0.4 is 10.2 Å². The molecule has 0 aliphatic rings. The van der Waals surface area contributed by atoms with Gasteiger partial charge in [0.2, 0.25) is 0 Å². The molecule has 0 radical (unpaired) electrons. The first-order chi connectivity index (χ1) is 10.1. The molecule has 3 nitrogen and oxygen atoms in total. The molecule has 0 spiro atoms. The van der Waals surface area contributed by atoms with Crippen LogP contribution in [0.3, 0.4) is 0 Å². The van der Waals surface area contributed by atoms with Gasteiger partial charge >= 0.3 is 0 Å². The zero-order valence-electron chi connectivity index (χ0n) is 11.2. The lowest BCUT2D eigenvalue weighted by atomic mass is 10.2. The van der Waals surface area contributed by atoms with Crippen molar-refractivity contribution >= 4 is 45.3 Å². The summed E-state index contributed by atoms with van der Waals surface area (Å²) < 4.78 is 6.05. The van der Waals surface area contributed by atoms with Gasteiger partial charge in [0, 0.05) is 15.6 Å². The Hall–Kier alpha value is -1.23. The van der Waals surface area contributed by atoms with E-state index in [-0.39, 0.29) is 0 Å². The number of ether oxygens (including phenoxy) is 1. The zero-order chi connectivity index (χ0) is 15.2. The van der Waals surface area contributed by atoms with Crippen LogP contribution in [0, 0.1) is 0 Å². The van der Waals surface area contributed by atoms with E-state index in [4.69, 9.17) is 27.9 Å². The van der Waals surface area contributed by atoms with Gasteiger partial charge in [-0.05, 0) is 51.8 Å². The Morgan fingerprint density at radius 1 is 1.24 bits per heavy atom. The summed E-state index contributed by atoms with van der Waals surface area (Å²) in [6.07, 6.45) is 1.72. The summed E-state index contributed by atoms with van der Waals surface area (Å²) in [4.78, 5) is 0. The second-order valence-corrected chi connectivity index (χ2v) is 5.86. The van der Waals surface area contributed by atoms with Crippen LogP contribution in [0.1, 0.15) is 11.1 Å². The standard InChI is InChI=1S/C15H13BrCl2N2O/c1-21-15-6-5-10(7-12(15)16)8-19-20-9-11-13(17)3-2-4-14(11)18/h2-8,20H,9H2,1H3/b19-8+. The van der Waals surface area contributed by atoms with E-state index >= 15 is 0 Å². The molecule has 2 aromatic rings. The fourth-order valence-corrected chi connectivity index (χ4v) is 2.80. The lowest BCUT2D eigenvalue weighted by Gasteiger charge is -2.06. The first-order valence-electron chi connectivity index (χ1n) is 6.14. The summed E-state index contributed by atoms with van der Waals surface area (Å²) in [5.41, 5.74) is 4.71. The predicted molar refractivity (Wildman–Crippen MR) is 91.6 cm³/mol. The van der Waals surface area contributed by atoms with Crippen molar-refractivity contribution in [3.8, 4) is 5.75 Å². The van der Waals surface area contributed by atoms with E-state index < -0.39 is 0 Å². The van der Waals surface area contributed by atoms with Crippen LogP contribution in [0.25, 0.3) is 0 Å². The number of hydrazone groups is 1. The fraction of sp³-hybridized carbons (Fsp3) is 0.133. The lowest BCUT2D eigenvalue weighted by molar-refractivity contribution is 0.412. The molecule has 0 saturated heterocycles. The summed E-state index contributed by atoms with van der Waals surface area (Å²) in [5.74, 6) is 0.781. The van der Waals surface area contributed by atoms with Crippen molar-refractivity contribution < 1.29 is 4.74 Å². The highest BCUT2D eigenvalue weighted by molar-refractivity contribution is 9.10. The maximum absolute atomic E-state index is 6.08. The van der Waals surface area contributed by atoms with Crippen molar-refractivity contribution in [3.05, 3.63) is 62.0 Å². The van der Waals surface area contributed by atoms with E-state index in [1.165, 1.54) is 0 Å². The molecule has 0 bridgehead atoms. The Labute approximate surface area is 142 Å². The van der Waals surface area contributed by atoms with Gasteiger partial charge in [0.1, 0.15) is 5.75 Å². The molecule has 0 amide bonds. The van der Waals surface area contributed by atoms with Crippen molar-refractivity contribution in [3.63, 3.8) is 0 Å². The van der Waals surface area contributed by atoms with Crippen molar-refractivity contribution in [1.29, 1.82) is 0 Å². The number of methoxy groups -OCH3 is 1. The normalized spacial score (nSPS) is 10.9. The molecule has 0 saturated carbocycles. The van der Waals surface area contributed by atoms with E-state index in [0.717, 1.165) is 21.3 Å². The van der Waals surface area contributed by atoms with Gasteiger partial charge in [-0.15, -0.1) is 0 Å². The SMILES string of the molecule is COc1ccc(/C=N/NCc2c(Cl)cccc2Cl)cc1Br. The molecule has 6 heteroatoms. The minimum absolute atomic E-state index is 0.465. The van der Waals surface area contributed by atoms with Gasteiger partial charge in [0.05, 0.1) is 24.3 Å². The molecular weight excluding hydrogens is 375 g/mol. The largest absolute Gasteiger partial charge is 0.496 e. The molecule has 0 aliphatic heterocycles. The van der Waals surface area contributed by atoms with Crippen LogP contribution >= 0.6 is 39.1 Å². The summed E-state index contributed by atoms with van der Waals surface area (Å²) in [6, 6.07) is 11.1. The number of benzene rings is 2. The number of nitrogens with zero attached hydrogens (tertiary/aromatic N) is 1. The van der Waals surface area contributed by atoms with Crippen LogP contribution in [0.2, 0.25) is 10.0 Å². The van der Waals surface area contributed by atoms with Crippen molar-refractivity contribution in [2.75, 3.05) is 7.11 Å². The molecule has 0 atom stereocenters. The molecule has 1 N–H and O–H groups in total. The van der Waals surface area contributed by atoms with Crippen LogP contribution in [0.15, 0.2) is 46.0 Å². The third kappa shape index (κ3) is 4.37. The predicted octanol–water partition coefficient (Wildman–Crippen LogP) is 4.89. The average molecular weight is 388 g/mol. The van der Waals surface area contributed by atoms with Gasteiger partial charge in [-0.25, -0.2) is 0 Å². The Kier molecular flexibility index (Phi) is 5.91. The Balaban J connectivity index is 1.98. The minimum atomic E-state index is 0.465. The maximum Gasteiger partial charge on any atom is 0.133 e. The highest BCUT2D eigenvalue weighted by Crippen LogP contribution is 2.25. The maximum atomic E-state index is 6.08. The Morgan fingerprint density at radius 3 is 2.57 bits per heavy atom. The number of halogens is 3. The van der Waals surface area contributed by atoms with E-state index in [1.807, 2.05) is 24.3 Å². The summed E-state index contributed by atoms with van der Waals surface area (Å²) in [5, 5.41) is 5.41. The zero-order valence-corrected chi connectivity index (χ0v) is 14.3. The summed E-state index contributed by atoms with van der Waals surface area (Å²) >= 11 is 15.6. The second-order valence-electron chi connectivity index (χ2n) is 4.19. The number of rotatable bonds is 5. The number of hydrogen-bond donors (Lipinski definition) is 1. The monoisotopic (exact) mass is 386 g/mol. The first kappa shape index (κ1) is 16.1. The highest BCUT2D eigenvalue weighted by Gasteiger charge is 2.04. The third-order valence-corrected chi connectivity index (χ3v) is 4.13. The van der Waals surface area contributed by atoms with Gasteiger partial charge < -0.3 is 10.2 Å². The molecule has 2 aromatic carbocycles. The van der Waals surface area contributed by atoms with Crippen molar-refractivity contribution in [2.24, 2.45) is 5.10 Å². The Bertz CT molecular complexity index is 642. The van der Waals surface area contributed by atoms with Crippen molar-refractivity contribution in [1.82, 2.24) is 5.43 Å². The molecular formula is C15H13BrCl2N2O. The van der Waals surface area contributed by atoms with Gasteiger partial charge in [0.25, 0.3) is 0 Å². The second kappa shape index (κ2) is 7.69. The topological polar surface area (TPSA) is 33.6 Å². The molecule has 0 aromatic heterocycles. The smallest absolute Gasteiger partial charge is 0.133 e. The van der Waals surface area contributed by atoms with Crippen LogP contribution in [-0.2, 0) is 6.54 Å². The molecule has 0 aliphatic carbocycles. The molecule has 2 rings (SSSR count). The molecule has 110 valence electrons. The molecule has 0 fully saturated rings. The van der Waals surface area contributed by atoms with Gasteiger partial charge in [0.15, 0.2) is 0 Å².